The first-order valence-corrected chi connectivity index (χ1v) is 20.7. The number of ether oxygens (including phenoxy) is 3. The van der Waals surface area contributed by atoms with E-state index in [1.165, 1.54) is 30.9 Å². The molecule has 308 valence electrons. The molecule has 3 heterocycles. The zero-order valence-corrected chi connectivity index (χ0v) is 36.6. The Morgan fingerprint density at radius 1 is 0.786 bits per heavy atom. The second-order valence-electron chi connectivity index (χ2n) is 13.9. The molecule has 11 nitrogen and oxygen atoms in total. The van der Waals surface area contributed by atoms with Gasteiger partial charge in [-0.3, -0.25) is 29.0 Å². The van der Waals surface area contributed by atoms with Gasteiger partial charge in [-0.2, -0.15) is 0 Å². The summed E-state index contributed by atoms with van der Waals surface area (Å²) in [5.41, 5.74) is 8.95. The Kier molecular flexibility index (Phi) is 22.8. The number of carboxylic acids is 1. The zero-order chi connectivity index (χ0) is 41.6. The van der Waals surface area contributed by atoms with Crippen molar-refractivity contribution in [2.24, 2.45) is 5.73 Å². The van der Waals surface area contributed by atoms with Crippen molar-refractivity contribution in [2.75, 3.05) is 14.2 Å². The van der Waals surface area contributed by atoms with Gasteiger partial charge in [-0.05, 0) is 63.1 Å². The standard InChI is InChI=1S/C13H17NO2.C12H15NO2.C7H9N.C6H10Br2O2.C5H8O2/c1-10-8-12(13(15)16-2)14(10)9-11-6-4-3-5-7-11;1-9-7-11(12(14)15)13(9)8-10-5-3-2-4-6-10;8-6-7-4-2-1-3-5-7;1-4(7)3-5(8)6(9)10-2;1-4-2-3-5(6)7-4/h3-7,10,12H,8-9H2,1-2H3;2-6,9,11H,7-8H2,1H3,(H,14,15);1-5H,6,8H2;4-5H,3H2,1-2H3;4H,2-3H2,1H3. The first-order valence-electron chi connectivity index (χ1n) is 18.9. The maximum absolute atomic E-state index is 11.5. The van der Waals surface area contributed by atoms with Gasteiger partial charge in [-0.25, -0.2) is 0 Å². The number of benzene rings is 3. The largest absolute Gasteiger partial charge is 0.480 e. The highest BCUT2D eigenvalue weighted by Gasteiger charge is 2.41. The van der Waals surface area contributed by atoms with E-state index in [1.807, 2.05) is 97.6 Å². The molecule has 56 heavy (non-hydrogen) atoms. The Balaban J connectivity index is 0.000000251. The number of nitrogens with two attached hydrogens (primary N) is 1. The molecule has 3 aliphatic heterocycles. The molecule has 3 aromatic carbocycles. The average Bonchev–Trinajstić information content (AvgIpc) is 3.59. The minimum absolute atomic E-state index is 0.0486. The minimum atomic E-state index is -0.705. The third-order valence-corrected chi connectivity index (χ3v) is 10.5. The molecule has 6 rings (SSSR count). The SMILES string of the molecule is CC1CC(C(=O)O)N1Cc1ccccc1.CC1CCC(=O)O1.COC(=O)C(Br)CC(C)Br.COC(=O)C1CC(C)N1Cc1ccccc1.NCc1ccccc1. The van der Waals surface area contributed by atoms with Gasteiger partial charge < -0.3 is 25.1 Å². The van der Waals surface area contributed by atoms with Gasteiger partial charge in [-0.15, -0.1) is 0 Å². The quantitative estimate of drug-likeness (QED) is 0.118. The fourth-order valence-electron chi connectivity index (χ4n) is 6.04. The number of cyclic esters (lactones) is 1. The number of esters is 3. The molecule has 0 bridgehead atoms. The van der Waals surface area contributed by atoms with E-state index in [-0.39, 0.29) is 40.9 Å². The van der Waals surface area contributed by atoms with Crippen molar-refractivity contribution in [1.82, 2.24) is 9.80 Å². The van der Waals surface area contributed by atoms with E-state index in [1.54, 1.807) is 0 Å². The number of methoxy groups -OCH3 is 2. The van der Waals surface area contributed by atoms with Crippen LogP contribution in [0.3, 0.4) is 0 Å². The van der Waals surface area contributed by atoms with Crippen molar-refractivity contribution in [3.63, 3.8) is 0 Å². The molecule has 0 aliphatic carbocycles. The lowest BCUT2D eigenvalue weighted by molar-refractivity contribution is -0.156. The molecule has 3 N–H and O–H groups in total. The second kappa shape index (κ2) is 26.3. The maximum atomic E-state index is 11.5. The topological polar surface area (TPSA) is 149 Å². The summed E-state index contributed by atoms with van der Waals surface area (Å²) in [5.74, 6) is -1.09. The van der Waals surface area contributed by atoms with E-state index in [0.717, 1.165) is 38.8 Å². The van der Waals surface area contributed by atoms with Gasteiger partial charge in [0.05, 0.1) is 20.3 Å². The Hall–Kier alpha value is -3.62. The summed E-state index contributed by atoms with van der Waals surface area (Å²) in [4.78, 5) is 47.7. The van der Waals surface area contributed by atoms with Gasteiger partial charge in [0.15, 0.2) is 0 Å². The molecule has 3 fully saturated rings. The van der Waals surface area contributed by atoms with Crippen molar-refractivity contribution in [2.45, 2.75) is 119 Å². The molecule has 0 saturated carbocycles. The molecule has 7 unspecified atom stereocenters. The van der Waals surface area contributed by atoms with Crippen LogP contribution in [0.2, 0.25) is 0 Å². The smallest absolute Gasteiger partial charge is 0.323 e. The van der Waals surface area contributed by atoms with Crippen molar-refractivity contribution in [3.05, 3.63) is 108 Å². The van der Waals surface area contributed by atoms with E-state index in [4.69, 9.17) is 20.3 Å². The second-order valence-corrected chi connectivity index (χ2v) is 16.6. The Morgan fingerprint density at radius 3 is 1.54 bits per heavy atom. The number of carbonyl (C=O) groups excluding carboxylic acids is 3. The third kappa shape index (κ3) is 17.7. The fraction of sp³-hybridized carbons (Fsp3) is 0.488. The number of alkyl halides is 2. The lowest BCUT2D eigenvalue weighted by Crippen LogP contribution is -2.57. The predicted octanol–water partition coefficient (Wildman–Crippen LogP) is 7.51. The summed E-state index contributed by atoms with van der Waals surface area (Å²) in [6.45, 7) is 10.3. The monoisotopic (exact) mass is 903 g/mol. The Labute approximate surface area is 349 Å². The van der Waals surface area contributed by atoms with Crippen molar-refractivity contribution >= 4 is 55.7 Å². The molecule has 3 aromatic rings. The Bertz CT molecular complexity index is 1590. The number of carbonyl (C=O) groups is 4. The van der Waals surface area contributed by atoms with E-state index < -0.39 is 5.97 Å². The number of rotatable bonds is 10. The van der Waals surface area contributed by atoms with Crippen LogP contribution in [0, 0.1) is 0 Å². The number of hydrogen-bond donors (Lipinski definition) is 2. The first kappa shape index (κ1) is 48.5. The summed E-state index contributed by atoms with van der Waals surface area (Å²) in [6, 6.07) is 30.7. The van der Waals surface area contributed by atoms with Crippen LogP contribution in [0.5, 0.6) is 0 Å². The van der Waals surface area contributed by atoms with Gasteiger partial charge in [-0.1, -0.05) is 130 Å². The number of likely N-dealkylation sites (tertiary alicyclic amines) is 2. The van der Waals surface area contributed by atoms with Crippen LogP contribution in [-0.4, -0.2) is 92.9 Å². The molecule has 0 spiro atoms. The zero-order valence-electron chi connectivity index (χ0n) is 33.4. The molecule has 0 radical (unpaired) electrons. The van der Waals surface area contributed by atoms with Crippen LogP contribution in [0.15, 0.2) is 91.0 Å². The number of halogens is 2. The van der Waals surface area contributed by atoms with Crippen LogP contribution in [0.25, 0.3) is 0 Å². The maximum Gasteiger partial charge on any atom is 0.323 e. The van der Waals surface area contributed by atoms with Crippen LogP contribution >= 0.6 is 31.9 Å². The molecule has 3 saturated heterocycles. The van der Waals surface area contributed by atoms with Gasteiger partial charge in [0.25, 0.3) is 0 Å². The summed E-state index contributed by atoms with van der Waals surface area (Å²) in [7, 11) is 2.83. The van der Waals surface area contributed by atoms with E-state index in [0.29, 0.717) is 29.9 Å². The highest BCUT2D eigenvalue weighted by Crippen LogP contribution is 2.29. The highest BCUT2D eigenvalue weighted by molar-refractivity contribution is 9.10. The van der Waals surface area contributed by atoms with Crippen LogP contribution < -0.4 is 5.73 Å². The van der Waals surface area contributed by atoms with Crippen LogP contribution in [0.1, 0.15) is 76.5 Å². The number of hydrogen-bond acceptors (Lipinski definition) is 10. The Morgan fingerprint density at radius 2 is 1.23 bits per heavy atom. The van der Waals surface area contributed by atoms with Crippen LogP contribution in [0.4, 0.5) is 0 Å². The van der Waals surface area contributed by atoms with Gasteiger partial charge in [0, 0.05) is 43.0 Å². The molecule has 0 amide bonds. The molecule has 3 aliphatic rings. The summed E-state index contributed by atoms with van der Waals surface area (Å²) in [6.07, 6.45) is 4.10. The minimum Gasteiger partial charge on any atom is -0.480 e. The first-order chi connectivity index (χ1) is 26.7. The predicted molar refractivity (Wildman–Crippen MR) is 226 cm³/mol. The van der Waals surface area contributed by atoms with E-state index in [9.17, 15) is 19.2 Å². The fourth-order valence-corrected chi connectivity index (χ4v) is 7.67. The summed E-state index contributed by atoms with van der Waals surface area (Å²) < 4.78 is 14.0. The molecule has 13 heteroatoms. The van der Waals surface area contributed by atoms with Crippen LogP contribution in [-0.2, 0) is 53.0 Å². The average molecular weight is 906 g/mol. The van der Waals surface area contributed by atoms with Crippen molar-refractivity contribution in [1.29, 1.82) is 0 Å². The lowest BCUT2D eigenvalue weighted by atomic mass is 9.93. The molecular weight excluding hydrogens is 846 g/mol. The van der Waals surface area contributed by atoms with Gasteiger partial charge >= 0.3 is 23.9 Å². The summed E-state index contributed by atoms with van der Waals surface area (Å²) in [5, 5.41) is 8.96. The lowest BCUT2D eigenvalue weighted by Gasteiger charge is -2.45. The summed E-state index contributed by atoms with van der Waals surface area (Å²) >= 11 is 6.53. The number of nitrogens with zero attached hydrogens (tertiary/aromatic N) is 2. The molecule has 0 aromatic heterocycles. The van der Waals surface area contributed by atoms with Crippen molar-refractivity contribution < 1.29 is 38.5 Å². The van der Waals surface area contributed by atoms with Crippen molar-refractivity contribution in [3.8, 4) is 0 Å². The molecular formula is C43H59Br2N3O8. The highest BCUT2D eigenvalue weighted by atomic mass is 79.9. The van der Waals surface area contributed by atoms with Gasteiger partial charge in [0.2, 0.25) is 0 Å². The van der Waals surface area contributed by atoms with E-state index >= 15 is 0 Å². The molecule has 7 atom stereocenters. The number of aliphatic carboxylic acids is 1. The normalized spacial score (nSPS) is 22.0. The van der Waals surface area contributed by atoms with Gasteiger partial charge in [0.1, 0.15) is 16.9 Å². The number of carboxylic acid groups (broad SMARTS) is 1. The van der Waals surface area contributed by atoms with E-state index in [2.05, 4.69) is 67.5 Å². The third-order valence-electron chi connectivity index (χ3n) is 9.39.